The van der Waals surface area contributed by atoms with Crippen molar-refractivity contribution < 1.29 is 9.13 Å². The Balaban J connectivity index is 0.00000312. The lowest BCUT2D eigenvalue weighted by molar-refractivity contribution is 0.223. The van der Waals surface area contributed by atoms with Gasteiger partial charge < -0.3 is 19.9 Å². The second-order valence-electron chi connectivity index (χ2n) is 5.65. The fourth-order valence-corrected chi connectivity index (χ4v) is 2.22. The van der Waals surface area contributed by atoms with Crippen molar-refractivity contribution in [3.8, 4) is 5.75 Å². The molecule has 5 nitrogen and oxygen atoms in total. The van der Waals surface area contributed by atoms with Crippen LogP contribution in [0.5, 0.6) is 5.75 Å². The summed E-state index contributed by atoms with van der Waals surface area (Å²) in [5, 5.41) is 6.45. The third kappa shape index (κ3) is 7.76. The van der Waals surface area contributed by atoms with Crippen molar-refractivity contribution >= 4 is 29.9 Å². The molecule has 138 valence electrons. The van der Waals surface area contributed by atoms with Crippen molar-refractivity contribution in [2.24, 2.45) is 12.0 Å². The van der Waals surface area contributed by atoms with Crippen LogP contribution in [-0.4, -0.2) is 29.7 Å². The van der Waals surface area contributed by atoms with Crippen LogP contribution < -0.4 is 15.4 Å². The first kappa shape index (κ1) is 21.3. The fraction of sp³-hybridized carbons (Fsp3) is 0.389. The number of hydrogen-bond donors (Lipinski definition) is 2. The molecular weight excluding hydrogens is 434 g/mol. The summed E-state index contributed by atoms with van der Waals surface area (Å²) in [7, 11) is 1.99. The molecular formula is C18H26FIN4O. The van der Waals surface area contributed by atoms with Gasteiger partial charge >= 0.3 is 0 Å². The fourth-order valence-electron chi connectivity index (χ4n) is 2.22. The van der Waals surface area contributed by atoms with Gasteiger partial charge in [-0.25, -0.2) is 9.38 Å². The molecule has 0 radical (unpaired) electrons. The number of hydrogen-bond acceptors (Lipinski definition) is 2. The van der Waals surface area contributed by atoms with E-state index in [4.69, 9.17) is 4.74 Å². The Morgan fingerprint density at radius 2 is 2.12 bits per heavy atom. The highest BCUT2D eigenvalue weighted by atomic mass is 127. The Bertz CT molecular complexity index is 675. The van der Waals surface area contributed by atoms with Crippen LogP contribution in [0.2, 0.25) is 0 Å². The largest absolute Gasteiger partial charge is 0.489 e. The van der Waals surface area contributed by atoms with Gasteiger partial charge in [-0.3, -0.25) is 0 Å². The lowest BCUT2D eigenvalue weighted by Gasteiger charge is -2.17. The first-order chi connectivity index (χ1) is 11.6. The molecule has 0 amide bonds. The average molecular weight is 460 g/mol. The number of rotatable bonds is 7. The zero-order valence-corrected chi connectivity index (χ0v) is 17.2. The molecule has 0 saturated carbocycles. The Kier molecular flexibility index (Phi) is 9.33. The number of aromatic nitrogens is 1. The summed E-state index contributed by atoms with van der Waals surface area (Å²) in [6, 6.07) is 8.20. The summed E-state index contributed by atoms with van der Waals surface area (Å²) in [6.07, 6.45) is 3.93. The SMILES string of the molecule is CCNC(=NCc1ccn(C)c1)NCC(C)Oc1cccc(F)c1.I. The van der Waals surface area contributed by atoms with Gasteiger partial charge in [0, 0.05) is 32.1 Å². The van der Waals surface area contributed by atoms with E-state index in [1.54, 1.807) is 12.1 Å². The van der Waals surface area contributed by atoms with Gasteiger partial charge in [-0.15, -0.1) is 24.0 Å². The number of ether oxygens (including phenoxy) is 1. The molecule has 0 fully saturated rings. The van der Waals surface area contributed by atoms with Crippen molar-refractivity contribution in [3.63, 3.8) is 0 Å². The summed E-state index contributed by atoms with van der Waals surface area (Å²) >= 11 is 0. The molecule has 1 aromatic carbocycles. The van der Waals surface area contributed by atoms with Crippen molar-refractivity contribution in [2.45, 2.75) is 26.5 Å². The van der Waals surface area contributed by atoms with E-state index in [1.807, 2.05) is 43.9 Å². The Hall–Kier alpha value is -1.77. The van der Waals surface area contributed by atoms with E-state index in [0.717, 1.165) is 18.1 Å². The van der Waals surface area contributed by atoms with Crippen LogP contribution in [0.15, 0.2) is 47.7 Å². The molecule has 1 heterocycles. The van der Waals surface area contributed by atoms with E-state index in [0.29, 0.717) is 18.8 Å². The third-order valence-corrected chi connectivity index (χ3v) is 3.35. The zero-order valence-electron chi connectivity index (χ0n) is 14.8. The molecule has 0 aliphatic rings. The number of aryl methyl sites for hydroxylation is 1. The normalized spacial score (nSPS) is 12.2. The summed E-state index contributed by atoms with van der Waals surface area (Å²) in [4.78, 5) is 4.56. The van der Waals surface area contributed by atoms with Gasteiger partial charge in [0.1, 0.15) is 17.7 Å². The summed E-state index contributed by atoms with van der Waals surface area (Å²) in [5.74, 6) is 0.956. The van der Waals surface area contributed by atoms with Gasteiger partial charge in [-0.1, -0.05) is 6.07 Å². The van der Waals surface area contributed by atoms with Crippen LogP contribution in [0.4, 0.5) is 4.39 Å². The van der Waals surface area contributed by atoms with Gasteiger partial charge in [0.25, 0.3) is 0 Å². The van der Waals surface area contributed by atoms with Gasteiger partial charge in [0.2, 0.25) is 0 Å². The average Bonchev–Trinajstić information content (AvgIpc) is 2.95. The summed E-state index contributed by atoms with van der Waals surface area (Å²) in [5.41, 5.74) is 1.15. The highest BCUT2D eigenvalue weighted by molar-refractivity contribution is 14.0. The molecule has 0 spiro atoms. The molecule has 1 atom stereocenters. The van der Waals surface area contributed by atoms with E-state index in [2.05, 4.69) is 15.6 Å². The highest BCUT2D eigenvalue weighted by Crippen LogP contribution is 2.13. The van der Waals surface area contributed by atoms with E-state index in [1.165, 1.54) is 12.1 Å². The molecule has 2 N–H and O–H groups in total. The predicted molar refractivity (Wildman–Crippen MR) is 110 cm³/mol. The van der Waals surface area contributed by atoms with Gasteiger partial charge in [0.15, 0.2) is 5.96 Å². The summed E-state index contributed by atoms with van der Waals surface area (Å²) in [6.45, 7) is 5.90. The van der Waals surface area contributed by atoms with E-state index < -0.39 is 0 Å². The zero-order chi connectivity index (χ0) is 17.4. The second-order valence-corrected chi connectivity index (χ2v) is 5.65. The van der Waals surface area contributed by atoms with E-state index >= 15 is 0 Å². The van der Waals surface area contributed by atoms with Crippen LogP contribution in [0, 0.1) is 5.82 Å². The molecule has 25 heavy (non-hydrogen) atoms. The number of halogens is 2. The minimum atomic E-state index is -0.301. The molecule has 2 aromatic rings. The number of aliphatic imine (C=N–C) groups is 1. The first-order valence-electron chi connectivity index (χ1n) is 8.12. The number of nitrogens with one attached hydrogen (secondary N) is 2. The van der Waals surface area contributed by atoms with E-state index in [-0.39, 0.29) is 35.9 Å². The van der Waals surface area contributed by atoms with Gasteiger partial charge in [0.05, 0.1) is 13.1 Å². The van der Waals surface area contributed by atoms with Crippen LogP contribution in [0.3, 0.4) is 0 Å². The molecule has 0 aliphatic carbocycles. The lowest BCUT2D eigenvalue weighted by atomic mass is 10.3. The maximum atomic E-state index is 13.2. The van der Waals surface area contributed by atoms with Crippen LogP contribution in [0.25, 0.3) is 0 Å². The molecule has 1 aromatic heterocycles. The van der Waals surface area contributed by atoms with Crippen molar-refractivity contribution in [3.05, 3.63) is 54.1 Å². The topological polar surface area (TPSA) is 50.6 Å². The highest BCUT2D eigenvalue weighted by Gasteiger charge is 2.06. The van der Waals surface area contributed by atoms with E-state index in [9.17, 15) is 4.39 Å². The third-order valence-electron chi connectivity index (χ3n) is 3.35. The van der Waals surface area contributed by atoms with Crippen LogP contribution >= 0.6 is 24.0 Å². The maximum Gasteiger partial charge on any atom is 0.191 e. The number of guanidine groups is 1. The minimum Gasteiger partial charge on any atom is -0.489 e. The predicted octanol–water partition coefficient (Wildman–Crippen LogP) is 3.30. The van der Waals surface area contributed by atoms with Crippen molar-refractivity contribution in [1.82, 2.24) is 15.2 Å². The number of nitrogens with zero attached hydrogens (tertiary/aromatic N) is 2. The van der Waals surface area contributed by atoms with Crippen LogP contribution in [-0.2, 0) is 13.6 Å². The summed E-state index contributed by atoms with van der Waals surface area (Å²) < 4.78 is 20.9. The lowest BCUT2D eigenvalue weighted by Crippen LogP contribution is -2.41. The smallest absolute Gasteiger partial charge is 0.191 e. The second kappa shape index (κ2) is 11.0. The van der Waals surface area contributed by atoms with Gasteiger partial charge in [-0.2, -0.15) is 0 Å². The molecule has 7 heteroatoms. The van der Waals surface area contributed by atoms with Crippen molar-refractivity contribution in [1.29, 1.82) is 0 Å². The van der Waals surface area contributed by atoms with Gasteiger partial charge in [-0.05, 0) is 37.6 Å². The minimum absolute atomic E-state index is 0. The Labute approximate surface area is 165 Å². The van der Waals surface area contributed by atoms with Crippen molar-refractivity contribution in [2.75, 3.05) is 13.1 Å². The maximum absolute atomic E-state index is 13.2. The molecule has 2 rings (SSSR count). The molecule has 0 saturated heterocycles. The molecule has 0 aliphatic heterocycles. The Morgan fingerprint density at radius 3 is 2.76 bits per heavy atom. The quantitative estimate of drug-likeness (QED) is 0.379. The first-order valence-corrected chi connectivity index (χ1v) is 8.12. The molecule has 1 unspecified atom stereocenters. The monoisotopic (exact) mass is 460 g/mol. The Morgan fingerprint density at radius 1 is 1.32 bits per heavy atom. The molecule has 0 bridgehead atoms. The number of benzene rings is 1. The van der Waals surface area contributed by atoms with Crippen LogP contribution in [0.1, 0.15) is 19.4 Å². The standard InChI is InChI=1S/C18H25FN4O.HI/c1-4-20-18(22-12-15-8-9-23(3)13-15)21-11-14(2)24-17-7-5-6-16(19)10-17;/h5-10,13-14H,4,11-12H2,1-3H3,(H2,20,21,22);1H.